The number of hydrogen-bond donors (Lipinski definition) is 3. The molecule has 43 heavy (non-hydrogen) atoms. The van der Waals surface area contributed by atoms with E-state index in [0.29, 0.717) is 35.5 Å². The molecule has 5 N–H and O–H groups in total. The molecule has 12 heteroatoms. The Labute approximate surface area is 255 Å². The van der Waals surface area contributed by atoms with Crippen LogP contribution in [0.25, 0.3) is 22.5 Å². The maximum atomic E-state index is 14.2. The maximum absolute atomic E-state index is 14.2. The summed E-state index contributed by atoms with van der Waals surface area (Å²) in [6.45, 7) is 0.612. The van der Waals surface area contributed by atoms with Gasteiger partial charge in [-0.05, 0) is 85.1 Å². The first-order valence-corrected chi connectivity index (χ1v) is 14.7. The van der Waals surface area contributed by atoms with E-state index in [0.717, 1.165) is 42.4 Å². The minimum atomic E-state index is -0.911. The van der Waals surface area contributed by atoms with Gasteiger partial charge in [-0.1, -0.05) is 24.3 Å². The number of halogens is 1. The second kappa shape index (κ2) is 13.3. The number of aromatic amines is 1. The number of amides is 2. The van der Waals surface area contributed by atoms with E-state index in [-0.39, 0.29) is 23.5 Å². The van der Waals surface area contributed by atoms with E-state index in [4.69, 9.17) is 23.1 Å². The average molecular weight is 602 g/mol. The molecule has 4 aromatic rings. The number of primary amides is 1. The van der Waals surface area contributed by atoms with Crippen molar-refractivity contribution >= 4 is 35.1 Å². The molecular formula is C31H36ClN9O2. The SMILES string of the molecule is CN(C)c1ncc(-c2cccc(C[C@@H](C(N)=O)N(C(=O)C3CCC(CN)CC3)c3ccc(-c4n[nH]c(Cl)n4)cc3)c2)cn1. The zero-order valence-electron chi connectivity index (χ0n) is 24.3. The highest BCUT2D eigenvalue weighted by Crippen LogP contribution is 2.33. The molecule has 0 spiro atoms. The van der Waals surface area contributed by atoms with Gasteiger partial charge in [-0.2, -0.15) is 10.1 Å². The van der Waals surface area contributed by atoms with Gasteiger partial charge in [0.25, 0.3) is 0 Å². The number of benzene rings is 2. The second-order valence-electron chi connectivity index (χ2n) is 11.1. The quantitative estimate of drug-likeness (QED) is 0.247. The molecule has 1 atom stereocenters. The van der Waals surface area contributed by atoms with Gasteiger partial charge in [-0.25, -0.2) is 15.1 Å². The fourth-order valence-corrected chi connectivity index (χ4v) is 5.69. The van der Waals surface area contributed by atoms with Crippen LogP contribution in [0.3, 0.4) is 0 Å². The standard InChI is InChI=1S/C31H36ClN9O2/c1-40(2)31-35-17-24(18-36-31)23-5-3-4-20(14-23)15-26(27(34)42)41(29(43)22-8-6-19(16-33)7-9-22)25-12-10-21(11-13-25)28-37-30(32)39-38-28/h3-5,10-14,17-19,22,26H,6-9,15-16,33H2,1-2H3,(H2,34,42)(H,37,38,39)/t19?,22?,26-/m0/s1. The van der Waals surface area contributed by atoms with Crippen molar-refractivity contribution in [1.82, 2.24) is 25.1 Å². The second-order valence-corrected chi connectivity index (χ2v) is 11.5. The third-order valence-electron chi connectivity index (χ3n) is 8.00. The number of carbonyl (C=O) groups excluding carboxylic acids is 2. The molecule has 2 aromatic heterocycles. The van der Waals surface area contributed by atoms with E-state index in [2.05, 4.69) is 25.1 Å². The molecular weight excluding hydrogens is 566 g/mol. The molecule has 1 saturated carbocycles. The fourth-order valence-electron chi connectivity index (χ4n) is 5.57. The van der Waals surface area contributed by atoms with E-state index in [9.17, 15) is 9.59 Å². The zero-order chi connectivity index (χ0) is 30.5. The molecule has 0 unspecified atom stereocenters. The van der Waals surface area contributed by atoms with Gasteiger partial charge < -0.3 is 16.4 Å². The number of H-pyrrole nitrogens is 1. The van der Waals surface area contributed by atoms with Crippen LogP contribution in [0, 0.1) is 11.8 Å². The summed E-state index contributed by atoms with van der Waals surface area (Å²) in [4.78, 5) is 43.7. The number of nitrogens with zero attached hydrogens (tertiary/aromatic N) is 6. The molecule has 1 fully saturated rings. The van der Waals surface area contributed by atoms with Crippen LogP contribution in [0.4, 0.5) is 11.6 Å². The Bertz CT molecular complexity index is 1550. The van der Waals surface area contributed by atoms with Crippen LogP contribution >= 0.6 is 11.6 Å². The molecule has 2 aromatic carbocycles. The summed E-state index contributed by atoms with van der Waals surface area (Å²) < 4.78 is 0. The van der Waals surface area contributed by atoms with Crippen LogP contribution in [-0.2, 0) is 16.0 Å². The molecule has 224 valence electrons. The molecule has 0 saturated heterocycles. The first-order chi connectivity index (χ1) is 20.7. The topological polar surface area (TPSA) is 160 Å². The largest absolute Gasteiger partial charge is 0.368 e. The van der Waals surface area contributed by atoms with Crippen LogP contribution in [0.2, 0.25) is 5.28 Å². The van der Waals surface area contributed by atoms with Crippen LogP contribution in [0.1, 0.15) is 31.2 Å². The number of nitrogens with one attached hydrogen (secondary N) is 1. The number of hydrogen-bond acceptors (Lipinski definition) is 8. The lowest BCUT2D eigenvalue weighted by Crippen LogP contribution is -2.52. The lowest BCUT2D eigenvalue weighted by atomic mass is 9.81. The van der Waals surface area contributed by atoms with Crippen molar-refractivity contribution in [2.24, 2.45) is 23.3 Å². The summed E-state index contributed by atoms with van der Waals surface area (Å²) in [6, 6.07) is 14.1. The third-order valence-corrected chi connectivity index (χ3v) is 8.17. The van der Waals surface area contributed by atoms with Crippen LogP contribution < -0.4 is 21.3 Å². The Morgan fingerprint density at radius 1 is 1.00 bits per heavy atom. The predicted molar refractivity (Wildman–Crippen MR) is 167 cm³/mol. The summed E-state index contributed by atoms with van der Waals surface area (Å²) in [5.41, 5.74) is 15.8. The first-order valence-electron chi connectivity index (χ1n) is 14.3. The smallest absolute Gasteiger partial charge is 0.240 e. The number of rotatable bonds is 10. The van der Waals surface area contributed by atoms with Crippen LogP contribution in [0.5, 0.6) is 0 Å². The summed E-state index contributed by atoms with van der Waals surface area (Å²) in [7, 11) is 3.77. The molecule has 1 aliphatic rings. The van der Waals surface area contributed by atoms with Gasteiger partial charge in [0.05, 0.1) is 0 Å². The van der Waals surface area contributed by atoms with E-state index in [1.807, 2.05) is 43.3 Å². The highest BCUT2D eigenvalue weighted by atomic mass is 35.5. The van der Waals surface area contributed by atoms with E-state index in [1.165, 1.54) is 0 Å². The van der Waals surface area contributed by atoms with Crippen molar-refractivity contribution in [1.29, 1.82) is 0 Å². The number of nitrogens with two attached hydrogens (primary N) is 2. The van der Waals surface area contributed by atoms with Crippen molar-refractivity contribution in [3.8, 4) is 22.5 Å². The fraction of sp³-hybridized carbons (Fsp3) is 0.355. The number of carbonyl (C=O) groups is 2. The molecule has 2 amide bonds. The summed E-state index contributed by atoms with van der Waals surface area (Å²) in [6.07, 6.45) is 6.96. The maximum Gasteiger partial charge on any atom is 0.240 e. The normalized spacial score (nSPS) is 17.3. The minimum absolute atomic E-state index is 0.114. The Morgan fingerprint density at radius 3 is 2.28 bits per heavy atom. The highest BCUT2D eigenvalue weighted by Gasteiger charge is 2.36. The number of anilines is 2. The minimum Gasteiger partial charge on any atom is -0.368 e. The zero-order valence-corrected chi connectivity index (χ0v) is 25.0. The van der Waals surface area contributed by atoms with Crippen LogP contribution in [0.15, 0.2) is 60.9 Å². The summed E-state index contributed by atoms with van der Waals surface area (Å²) in [5.74, 6) is 0.529. The Kier molecular flexibility index (Phi) is 9.32. The van der Waals surface area contributed by atoms with Crippen molar-refractivity contribution in [3.63, 3.8) is 0 Å². The molecule has 1 aliphatic carbocycles. The summed E-state index contributed by atoms with van der Waals surface area (Å²) >= 11 is 5.91. The van der Waals surface area contributed by atoms with E-state index in [1.54, 1.807) is 41.6 Å². The van der Waals surface area contributed by atoms with Crippen LogP contribution in [-0.4, -0.2) is 63.6 Å². The third kappa shape index (κ3) is 7.00. The van der Waals surface area contributed by atoms with Gasteiger partial charge in [0.2, 0.25) is 23.0 Å². The predicted octanol–water partition coefficient (Wildman–Crippen LogP) is 3.84. The van der Waals surface area contributed by atoms with Gasteiger partial charge in [-0.3, -0.25) is 14.5 Å². The summed E-state index contributed by atoms with van der Waals surface area (Å²) in [5, 5.41) is 6.90. The van der Waals surface area contributed by atoms with Gasteiger partial charge in [-0.15, -0.1) is 0 Å². The average Bonchev–Trinajstić information content (AvgIpc) is 3.47. The molecule has 0 bridgehead atoms. The lowest BCUT2D eigenvalue weighted by molar-refractivity contribution is -0.127. The lowest BCUT2D eigenvalue weighted by Gasteiger charge is -2.35. The molecule has 2 heterocycles. The highest BCUT2D eigenvalue weighted by molar-refractivity contribution is 6.28. The molecule has 5 rings (SSSR count). The van der Waals surface area contributed by atoms with Gasteiger partial charge in [0.15, 0.2) is 5.82 Å². The Morgan fingerprint density at radius 2 is 1.70 bits per heavy atom. The Balaban J connectivity index is 1.46. The van der Waals surface area contributed by atoms with Crippen molar-refractivity contribution in [3.05, 3.63) is 71.8 Å². The molecule has 0 aliphatic heterocycles. The molecule has 11 nitrogen and oxygen atoms in total. The monoisotopic (exact) mass is 601 g/mol. The van der Waals surface area contributed by atoms with Gasteiger partial charge in [0, 0.05) is 55.6 Å². The molecule has 0 radical (unpaired) electrons. The van der Waals surface area contributed by atoms with Gasteiger partial charge >= 0.3 is 0 Å². The van der Waals surface area contributed by atoms with Crippen molar-refractivity contribution in [2.75, 3.05) is 30.4 Å². The van der Waals surface area contributed by atoms with E-state index < -0.39 is 11.9 Å². The Hall–Kier alpha value is -4.35. The van der Waals surface area contributed by atoms with Crippen molar-refractivity contribution < 1.29 is 9.59 Å². The first kappa shape index (κ1) is 30.1. The van der Waals surface area contributed by atoms with Crippen molar-refractivity contribution in [2.45, 2.75) is 38.1 Å². The van der Waals surface area contributed by atoms with Gasteiger partial charge in [0.1, 0.15) is 6.04 Å². The number of aromatic nitrogens is 5. The van der Waals surface area contributed by atoms with E-state index >= 15 is 0 Å².